The van der Waals surface area contributed by atoms with Crippen molar-refractivity contribution in [1.82, 2.24) is 4.90 Å². The third kappa shape index (κ3) is 2.93. The number of nitrogens with zero attached hydrogens (tertiary/aromatic N) is 1. The third-order valence-electron chi connectivity index (χ3n) is 1.97. The summed E-state index contributed by atoms with van der Waals surface area (Å²) >= 11 is 4.71. The highest BCUT2D eigenvalue weighted by Gasteiger charge is 2.26. The van der Waals surface area contributed by atoms with E-state index in [1.165, 1.54) is 4.90 Å². The lowest BCUT2D eigenvalue weighted by Gasteiger charge is -2.19. The monoisotopic (exact) mass is 202 g/mol. The third-order valence-corrected chi connectivity index (χ3v) is 2.10. The number of nitrogens with two attached hydrogens (primary N) is 1. The molecule has 2 N–H and O–H groups in total. The lowest BCUT2D eigenvalue weighted by Crippen LogP contribution is -2.40. The van der Waals surface area contributed by atoms with Crippen LogP contribution in [0.1, 0.15) is 12.8 Å². The summed E-state index contributed by atoms with van der Waals surface area (Å²) in [5.41, 5.74) is 5.33. The molecule has 0 aliphatic carbocycles. The molecule has 1 atom stereocenters. The van der Waals surface area contributed by atoms with Gasteiger partial charge in [-0.05, 0) is 12.8 Å². The minimum Gasteiger partial charge on any atom is -0.392 e. The fraction of sp³-hybridized carbons (Fsp3) is 0.750. The first-order chi connectivity index (χ1) is 6.11. The largest absolute Gasteiger partial charge is 0.392 e. The zero-order chi connectivity index (χ0) is 9.84. The Kier molecular flexibility index (Phi) is 3.62. The van der Waals surface area contributed by atoms with Crippen LogP contribution in [-0.2, 0) is 9.53 Å². The number of amides is 1. The molecule has 0 bridgehead atoms. The summed E-state index contributed by atoms with van der Waals surface area (Å²) in [6.45, 7) is 1.01. The van der Waals surface area contributed by atoms with E-state index in [0.29, 0.717) is 18.1 Å². The van der Waals surface area contributed by atoms with Gasteiger partial charge in [0, 0.05) is 13.7 Å². The Balaban J connectivity index is 2.41. The van der Waals surface area contributed by atoms with Crippen molar-refractivity contribution in [3.05, 3.63) is 0 Å². The van der Waals surface area contributed by atoms with E-state index in [-0.39, 0.29) is 12.0 Å². The second kappa shape index (κ2) is 4.53. The number of rotatable bonds is 3. The number of hydrogen-bond donors (Lipinski definition) is 1. The van der Waals surface area contributed by atoms with Gasteiger partial charge < -0.3 is 15.4 Å². The van der Waals surface area contributed by atoms with E-state index in [0.717, 1.165) is 12.8 Å². The van der Waals surface area contributed by atoms with Gasteiger partial charge in [0.25, 0.3) is 5.91 Å². The van der Waals surface area contributed by atoms with Gasteiger partial charge >= 0.3 is 0 Å². The van der Waals surface area contributed by atoms with Crippen LogP contribution in [0.25, 0.3) is 0 Å². The summed E-state index contributed by atoms with van der Waals surface area (Å²) < 4.78 is 5.24. The molecule has 1 saturated heterocycles. The van der Waals surface area contributed by atoms with Crippen molar-refractivity contribution in [2.45, 2.75) is 18.9 Å². The molecule has 4 nitrogen and oxygen atoms in total. The zero-order valence-electron chi connectivity index (χ0n) is 7.66. The van der Waals surface area contributed by atoms with Crippen LogP contribution < -0.4 is 5.73 Å². The second-order valence-electron chi connectivity index (χ2n) is 3.16. The van der Waals surface area contributed by atoms with Crippen LogP contribution in [0.3, 0.4) is 0 Å². The maximum Gasteiger partial charge on any atom is 0.251 e. The molecule has 13 heavy (non-hydrogen) atoms. The molecule has 0 aromatic carbocycles. The molecule has 1 amide bonds. The number of hydrogen-bond acceptors (Lipinski definition) is 3. The predicted octanol–water partition coefficient (Wildman–Crippen LogP) is -0.0901. The molecule has 1 aliphatic rings. The van der Waals surface area contributed by atoms with Gasteiger partial charge in [-0.25, -0.2) is 0 Å². The normalized spacial score (nSPS) is 21.5. The van der Waals surface area contributed by atoms with Crippen LogP contribution in [0.5, 0.6) is 0 Å². The molecule has 0 aromatic rings. The van der Waals surface area contributed by atoms with Gasteiger partial charge in [-0.3, -0.25) is 4.79 Å². The molecule has 0 radical (unpaired) electrons. The Bertz CT molecular complexity index is 214. The molecule has 1 heterocycles. The second-order valence-corrected chi connectivity index (χ2v) is 3.69. The van der Waals surface area contributed by atoms with E-state index in [1.54, 1.807) is 7.05 Å². The highest BCUT2D eigenvalue weighted by molar-refractivity contribution is 7.80. The average Bonchev–Trinajstić information content (AvgIpc) is 2.53. The number of ether oxygens (including phenoxy) is 1. The topological polar surface area (TPSA) is 55.6 Å². The van der Waals surface area contributed by atoms with Crippen LogP contribution >= 0.6 is 12.2 Å². The van der Waals surface area contributed by atoms with Gasteiger partial charge in [0.2, 0.25) is 0 Å². The molecule has 1 rings (SSSR count). The first-order valence-corrected chi connectivity index (χ1v) is 4.67. The van der Waals surface area contributed by atoms with Crippen LogP contribution in [0.2, 0.25) is 0 Å². The van der Waals surface area contributed by atoms with Gasteiger partial charge in [0.1, 0.15) is 6.10 Å². The molecule has 74 valence electrons. The van der Waals surface area contributed by atoms with Crippen molar-refractivity contribution in [3.8, 4) is 0 Å². The quantitative estimate of drug-likeness (QED) is 0.650. The minimum absolute atomic E-state index is 0.0229. The summed E-state index contributed by atoms with van der Waals surface area (Å²) in [4.78, 5) is 13.4. The number of thiocarbonyl (C=S) groups is 1. The van der Waals surface area contributed by atoms with Crippen LogP contribution in [0.15, 0.2) is 0 Å². The molecular formula is C8H14N2O2S. The van der Waals surface area contributed by atoms with E-state index in [1.807, 2.05) is 0 Å². The van der Waals surface area contributed by atoms with Gasteiger partial charge in [0.15, 0.2) is 0 Å². The molecule has 5 heteroatoms. The van der Waals surface area contributed by atoms with Crippen LogP contribution in [-0.4, -0.2) is 42.1 Å². The molecular weight excluding hydrogens is 188 g/mol. The number of likely N-dealkylation sites (N-methyl/N-ethyl adjacent to an activating group) is 1. The molecule has 0 spiro atoms. The molecule has 1 fully saturated rings. The SMILES string of the molecule is CN(CC(N)=S)C(=O)C1CCCO1. The maximum absolute atomic E-state index is 11.6. The zero-order valence-corrected chi connectivity index (χ0v) is 8.47. The van der Waals surface area contributed by atoms with E-state index < -0.39 is 0 Å². The van der Waals surface area contributed by atoms with Crippen molar-refractivity contribution in [2.24, 2.45) is 5.73 Å². The number of carbonyl (C=O) groups is 1. The Morgan fingerprint density at radius 1 is 1.77 bits per heavy atom. The lowest BCUT2D eigenvalue weighted by atomic mass is 10.2. The molecule has 1 aliphatic heterocycles. The van der Waals surface area contributed by atoms with Gasteiger partial charge in [-0.2, -0.15) is 0 Å². The lowest BCUT2D eigenvalue weighted by molar-refractivity contribution is -0.138. The first kappa shape index (κ1) is 10.4. The highest BCUT2D eigenvalue weighted by atomic mass is 32.1. The van der Waals surface area contributed by atoms with Crippen molar-refractivity contribution >= 4 is 23.1 Å². The summed E-state index contributed by atoms with van der Waals surface area (Å²) in [5.74, 6) is -0.0229. The van der Waals surface area contributed by atoms with E-state index >= 15 is 0 Å². The van der Waals surface area contributed by atoms with Crippen molar-refractivity contribution < 1.29 is 9.53 Å². The predicted molar refractivity (Wildman–Crippen MR) is 53.4 cm³/mol. The Morgan fingerprint density at radius 3 is 2.92 bits per heavy atom. The van der Waals surface area contributed by atoms with Crippen molar-refractivity contribution in [2.75, 3.05) is 20.2 Å². The summed E-state index contributed by atoms with van der Waals surface area (Å²) in [7, 11) is 1.68. The van der Waals surface area contributed by atoms with Gasteiger partial charge in [0.05, 0.1) is 11.5 Å². The fourth-order valence-corrected chi connectivity index (χ4v) is 1.52. The molecule has 0 aromatic heterocycles. The van der Waals surface area contributed by atoms with Gasteiger partial charge in [-0.15, -0.1) is 0 Å². The minimum atomic E-state index is -0.278. The van der Waals surface area contributed by atoms with Gasteiger partial charge in [-0.1, -0.05) is 12.2 Å². The van der Waals surface area contributed by atoms with E-state index in [9.17, 15) is 4.79 Å². The average molecular weight is 202 g/mol. The smallest absolute Gasteiger partial charge is 0.251 e. The summed E-state index contributed by atoms with van der Waals surface area (Å²) in [5, 5.41) is 0. The van der Waals surface area contributed by atoms with Crippen LogP contribution in [0, 0.1) is 0 Å². The Labute approximate surface area is 83.0 Å². The van der Waals surface area contributed by atoms with E-state index in [2.05, 4.69) is 0 Å². The Hall–Kier alpha value is -0.680. The first-order valence-electron chi connectivity index (χ1n) is 4.26. The Morgan fingerprint density at radius 2 is 2.46 bits per heavy atom. The maximum atomic E-state index is 11.6. The summed E-state index contributed by atoms with van der Waals surface area (Å²) in [6, 6.07) is 0. The molecule has 0 saturated carbocycles. The standard InChI is InChI=1S/C8H14N2O2S/c1-10(5-7(9)13)8(11)6-3-2-4-12-6/h6H,2-5H2,1H3,(H2,9,13). The number of carbonyl (C=O) groups excluding carboxylic acids is 1. The summed E-state index contributed by atoms with van der Waals surface area (Å²) in [6.07, 6.45) is 1.48. The van der Waals surface area contributed by atoms with Crippen molar-refractivity contribution in [3.63, 3.8) is 0 Å². The molecule has 1 unspecified atom stereocenters. The van der Waals surface area contributed by atoms with E-state index in [4.69, 9.17) is 22.7 Å². The highest BCUT2D eigenvalue weighted by Crippen LogP contribution is 2.13. The fourth-order valence-electron chi connectivity index (χ4n) is 1.33. The van der Waals surface area contributed by atoms with Crippen LogP contribution in [0.4, 0.5) is 0 Å². The van der Waals surface area contributed by atoms with Crippen molar-refractivity contribution in [1.29, 1.82) is 0 Å².